The topological polar surface area (TPSA) is 108 Å². The number of hydrogen-bond acceptors (Lipinski definition) is 7. The molecule has 0 rings (SSSR count). The number of ether oxygens (including phenoxy) is 4. The second kappa shape index (κ2) is 43.0. The Morgan fingerprint density at radius 2 is 0.763 bits per heavy atom. The lowest BCUT2D eigenvalue weighted by Crippen LogP contribution is -2.40. The molecule has 0 aromatic rings. The van der Waals surface area contributed by atoms with Gasteiger partial charge in [0.05, 0.1) is 34.4 Å². The van der Waals surface area contributed by atoms with Crippen molar-refractivity contribution in [2.45, 2.75) is 257 Å². The Kier molecular flexibility index (Phi) is 41.7. The normalized spacial score (nSPS) is 12.8. The fourth-order valence-electron chi connectivity index (χ4n) is 7.43. The summed E-state index contributed by atoms with van der Waals surface area (Å²) in [5, 5.41) is 9.63. The number of nitrogens with zero attached hydrogens (tertiary/aromatic N) is 1. The Balaban J connectivity index is 4.13. The molecule has 0 heterocycles. The van der Waals surface area contributed by atoms with Crippen molar-refractivity contribution >= 4 is 17.9 Å². The van der Waals surface area contributed by atoms with E-state index in [1.807, 2.05) is 21.1 Å². The molecule has 9 nitrogen and oxygen atoms in total. The molecule has 2 atom stereocenters. The van der Waals surface area contributed by atoms with Crippen LogP contribution in [0.5, 0.6) is 0 Å². The van der Waals surface area contributed by atoms with Gasteiger partial charge in [-0.25, -0.2) is 4.79 Å². The summed E-state index contributed by atoms with van der Waals surface area (Å²) in [6, 6.07) is 0. The van der Waals surface area contributed by atoms with E-state index in [1.165, 1.54) is 180 Å². The third-order valence-corrected chi connectivity index (χ3v) is 11.4. The summed E-state index contributed by atoms with van der Waals surface area (Å²) in [4.78, 5) is 37.1. The van der Waals surface area contributed by atoms with Crippen molar-refractivity contribution in [2.24, 2.45) is 0 Å². The number of carboxylic acids is 1. The molecule has 0 aromatic heterocycles. The van der Waals surface area contributed by atoms with E-state index in [4.69, 9.17) is 18.9 Å². The Hall–Kier alpha value is -1.71. The number of unbranched alkanes of at least 4 members (excludes halogenated alkanes) is 32. The van der Waals surface area contributed by atoms with Gasteiger partial charge in [0.25, 0.3) is 6.29 Å². The first-order chi connectivity index (χ1) is 28.6. The molecule has 0 amide bonds. The molecular weight excluding hydrogens is 743 g/mol. The number of quaternary nitrogens is 1. The lowest BCUT2D eigenvalue weighted by atomic mass is 10.0. The average Bonchev–Trinajstić information content (AvgIpc) is 3.19. The Bertz CT molecular complexity index is 938. The Morgan fingerprint density at radius 3 is 1.08 bits per heavy atom. The molecular formula is C50H98NO8+. The van der Waals surface area contributed by atoms with Crippen molar-refractivity contribution in [3.05, 3.63) is 0 Å². The van der Waals surface area contributed by atoms with Gasteiger partial charge in [-0.1, -0.05) is 219 Å². The monoisotopic (exact) mass is 841 g/mol. The quantitative estimate of drug-likeness (QED) is 0.0279. The number of carboxylic acid groups (broad SMARTS) is 1. The SMILES string of the molecule is CCCCCCCCCCCCCCCCCCCCCCCCCCCC(=O)OC(COC(=O)CCCCCCCCCCC)COC(OCC[N+](C)(C)C)C(=O)O. The Labute approximate surface area is 364 Å². The highest BCUT2D eigenvalue weighted by atomic mass is 16.7. The van der Waals surface area contributed by atoms with Crippen LogP contribution in [0.2, 0.25) is 0 Å². The highest BCUT2D eigenvalue weighted by Crippen LogP contribution is 2.17. The third kappa shape index (κ3) is 44.2. The number of rotatable bonds is 47. The standard InChI is InChI=1S/C50H97NO8/c1-6-8-10-12-14-16-17-18-19-20-21-22-23-24-25-26-27-28-29-30-31-33-35-37-39-41-48(53)59-46(45-58-50(49(54)55)56-43-42-51(3,4)5)44-57-47(52)40-38-36-34-32-15-13-11-9-7-2/h46,50H,6-45H2,1-5H3/p+1. The fraction of sp³-hybridized carbons (Fsp3) is 0.940. The largest absolute Gasteiger partial charge is 0.477 e. The van der Waals surface area contributed by atoms with Crippen LogP contribution < -0.4 is 0 Å². The van der Waals surface area contributed by atoms with Crippen LogP contribution in [0.25, 0.3) is 0 Å². The molecule has 1 N–H and O–H groups in total. The molecule has 350 valence electrons. The molecule has 0 bridgehead atoms. The minimum absolute atomic E-state index is 0.174. The average molecular weight is 841 g/mol. The van der Waals surface area contributed by atoms with Gasteiger partial charge in [0.1, 0.15) is 13.2 Å². The second-order valence-corrected chi connectivity index (χ2v) is 18.5. The van der Waals surface area contributed by atoms with Gasteiger partial charge in [-0.05, 0) is 12.8 Å². The van der Waals surface area contributed by atoms with Crippen LogP contribution in [0.15, 0.2) is 0 Å². The van der Waals surface area contributed by atoms with Crippen molar-refractivity contribution in [3.8, 4) is 0 Å². The molecule has 0 aliphatic carbocycles. The molecule has 0 fully saturated rings. The first-order valence-corrected chi connectivity index (χ1v) is 25.2. The third-order valence-electron chi connectivity index (χ3n) is 11.4. The van der Waals surface area contributed by atoms with Gasteiger partial charge < -0.3 is 28.5 Å². The van der Waals surface area contributed by atoms with Crippen LogP contribution in [-0.2, 0) is 33.3 Å². The van der Waals surface area contributed by atoms with Crippen LogP contribution in [0.1, 0.15) is 245 Å². The van der Waals surface area contributed by atoms with Crippen molar-refractivity contribution in [1.82, 2.24) is 0 Å². The van der Waals surface area contributed by atoms with Crippen LogP contribution in [0.3, 0.4) is 0 Å². The maximum atomic E-state index is 12.8. The lowest BCUT2D eigenvalue weighted by molar-refractivity contribution is -0.870. The maximum Gasteiger partial charge on any atom is 0.361 e. The van der Waals surface area contributed by atoms with Crippen LogP contribution in [0.4, 0.5) is 0 Å². The van der Waals surface area contributed by atoms with Gasteiger partial charge in [-0.2, -0.15) is 0 Å². The van der Waals surface area contributed by atoms with Crippen LogP contribution in [0, 0.1) is 0 Å². The first-order valence-electron chi connectivity index (χ1n) is 25.2. The van der Waals surface area contributed by atoms with Crippen molar-refractivity contribution in [2.75, 3.05) is 47.5 Å². The first kappa shape index (κ1) is 57.3. The van der Waals surface area contributed by atoms with Gasteiger partial charge in [0, 0.05) is 12.8 Å². The zero-order chi connectivity index (χ0) is 43.5. The number of esters is 2. The fourth-order valence-corrected chi connectivity index (χ4v) is 7.43. The van der Waals surface area contributed by atoms with E-state index in [2.05, 4.69) is 13.8 Å². The summed E-state index contributed by atoms with van der Waals surface area (Å²) in [5.74, 6) is -1.99. The van der Waals surface area contributed by atoms with Gasteiger partial charge >= 0.3 is 17.9 Å². The molecule has 0 aliphatic rings. The number of hydrogen-bond donors (Lipinski definition) is 1. The van der Waals surface area contributed by atoms with Gasteiger partial charge in [0.2, 0.25) is 0 Å². The molecule has 59 heavy (non-hydrogen) atoms. The summed E-state index contributed by atoms with van der Waals surface area (Å²) in [5.41, 5.74) is 0. The minimum atomic E-state index is -1.50. The van der Waals surface area contributed by atoms with E-state index in [0.29, 0.717) is 17.4 Å². The Morgan fingerprint density at radius 1 is 0.441 bits per heavy atom. The summed E-state index contributed by atoms with van der Waals surface area (Å²) in [6.45, 7) is 4.89. The zero-order valence-corrected chi connectivity index (χ0v) is 39.7. The summed E-state index contributed by atoms with van der Waals surface area (Å²) >= 11 is 0. The van der Waals surface area contributed by atoms with E-state index < -0.39 is 18.4 Å². The van der Waals surface area contributed by atoms with E-state index in [9.17, 15) is 19.5 Å². The van der Waals surface area contributed by atoms with E-state index in [0.717, 1.165) is 38.5 Å². The molecule has 0 radical (unpaired) electrons. The van der Waals surface area contributed by atoms with Crippen molar-refractivity contribution in [3.63, 3.8) is 0 Å². The van der Waals surface area contributed by atoms with Gasteiger partial charge in [-0.15, -0.1) is 0 Å². The molecule has 0 spiro atoms. The second-order valence-electron chi connectivity index (χ2n) is 18.5. The maximum absolute atomic E-state index is 12.8. The number of likely N-dealkylation sites (N-methyl/N-ethyl adjacent to an activating group) is 1. The van der Waals surface area contributed by atoms with Crippen LogP contribution >= 0.6 is 0 Å². The highest BCUT2D eigenvalue weighted by molar-refractivity contribution is 5.71. The van der Waals surface area contributed by atoms with Crippen molar-refractivity contribution in [1.29, 1.82) is 0 Å². The molecule has 0 aliphatic heterocycles. The zero-order valence-electron chi connectivity index (χ0n) is 39.7. The molecule has 0 saturated carbocycles. The number of aliphatic carboxylic acids is 1. The van der Waals surface area contributed by atoms with Crippen molar-refractivity contribution < 1.29 is 42.9 Å². The molecule has 2 unspecified atom stereocenters. The highest BCUT2D eigenvalue weighted by Gasteiger charge is 2.25. The summed E-state index contributed by atoms with van der Waals surface area (Å²) in [7, 11) is 5.96. The molecule has 0 aromatic carbocycles. The van der Waals surface area contributed by atoms with Crippen LogP contribution in [-0.4, -0.2) is 87.4 Å². The van der Waals surface area contributed by atoms with E-state index in [1.54, 1.807) is 0 Å². The minimum Gasteiger partial charge on any atom is -0.477 e. The lowest BCUT2D eigenvalue weighted by Gasteiger charge is -2.25. The van der Waals surface area contributed by atoms with Gasteiger partial charge in [0.15, 0.2) is 6.10 Å². The summed E-state index contributed by atoms with van der Waals surface area (Å²) in [6.07, 6.45) is 41.9. The van der Waals surface area contributed by atoms with E-state index in [-0.39, 0.29) is 38.2 Å². The number of carbonyl (C=O) groups is 3. The summed E-state index contributed by atoms with van der Waals surface area (Å²) < 4.78 is 22.7. The molecule has 0 saturated heterocycles. The number of carbonyl (C=O) groups excluding carboxylic acids is 2. The van der Waals surface area contributed by atoms with Gasteiger partial charge in [-0.3, -0.25) is 9.59 Å². The predicted octanol–water partition coefficient (Wildman–Crippen LogP) is 13.7. The predicted molar refractivity (Wildman–Crippen MR) is 245 cm³/mol. The van der Waals surface area contributed by atoms with E-state index >= 15 is 0 Å². The smallest absolute Gasteiger partial charge is 0.361 e. The molecule has 9 heteroatoms.